The van der Waals surface area contributed by atoms with Crippen molar-refractivity contribution in [2.24, 2.45) is 0 Å². The second kappa shape index (κ2) is 3.92. The highest BCUT2D eigenvalue weighted by Gasteiger charge is 2.27. The summed E-state index contributed by atoms with van der Waals surface area (Å²) in [5.41, 5.74) is 0. The first-order chi connectivity index (χ1) is 7.72. The van der Waals surface area contributed by atoms with E-state index in [9.17, 15) is 0 Å². The van der Waals surface area contributed by atoms with Crippen molar-refractivity contribution in [2.75, 3.05) is 0 Å². The molecule has 2 aromatic rings. The fraction of sp³-hybridized carbons (Fsp3) is 0.300. The zero-order chi connectivity index (χ0) is 11.1. The van der Waals surface area contributed by atoms with E-state index in [0.717, 1.165) is 20.7 Å². The van der Waals surface area contributed by atoms with Crippen LogP contribution < -0.4 is 0 Å². The van der Waals surface area contributed by atoms with E-state index in [-0.39, 0.29) is 0 Å². The van der Waals surface area contributed by atoms with Crippen LogP contribution in [-0.2, 0) is 0 Å². The van der Waals surface area contributed by atoms with Gasteiger partial charge in [0.15, 0.2) is 5.82 Å². The molecule has 3 rings (SSSR count). The fourth-order valence-corrected chi connectivity index (χ4v) is 2.16. The third-order valence-electron chi connectivity index (χ3n) is 2.43. The highest BCUT2D eigenvalue weighted by molar-refractivity contribution is 9.10. The SMILES string of the molecule is Brc1cnn(-c2cc(Br)nc(C3CC3)n2)c1. The molecule has 0 bridgehead atoms. The number of hydrogen-bond donors (Lipinski definition) is 0. The summed E-state index contributed by atoms with van der Waals surface area (Å²) in [5.74, 6) is 2.25. The van der Waals surface area contributed by atoms with Crippen molar-refractivity contribution >= 4 is 31.9 Å². The molecular weight excluding hydrogens is 336 g/mol. The van der Waals surface area contributed by atoms with E-state index in [1.807, 2.05) is 12.3 Å². The van der Waals surface area contributed by atoms with Crippen molar-refractivity contribution in [1.82, 2.24) is 19.7 Å². The van der Waals surface area contributed by atoms with Crippen molar-refractivity contribution in [3.05, 3.63) is 33.4 Å². The molecule has 0 unspecified atom stereocenters. The van der Waals surface area contributed by atoms with Gasteiger partial charge in [0.25, 0.3) is 0 Å². The Morgan fingerprint density at radius 1 is 1.25 bits per heavy atom. The van der Waals surface area contributed by atoms with Crippen LogP contribution in [0.3, 0.4) is 0 Å². The van der Waals surface area contributed by atoms with Gasteiger partial charge in [0.2, 0.25) is 0 Å². The minimum atomic E-state index is 0.537. The Morgan fingerprint density at radius 3 is 2.69 bits per heavy atom. The van der Waals surface area contributed by atoms with Crippen molar-refractivity contribution in [2.45, 2.75) is 18.8 Å². The van der Waals surface area contributed by atoms with Gasteiger partial charge < -0.3 is 0 Å². The number of rotatable bonds is 2. The van der Waals surface area contributed by atoms with Gasteiger partial charge in [-0.2, -0.15) is 5.10 Å². The van der Waals surface area contributed by atoms with Gasteiger partial charge in [-0.3, -0.25) is 0 Å². The average Bonchev–Trinajstić information content (AvgIpc) is 3.01. The molecular formula is C10H8Br2N4. The van der Waals surface area contributed by atoms with Gasteiger partial charge in [0.1, 0.15) is 10.4 Å². The number of hydrogen-bond acceptors (Lipinski definition) is 3. The van der Waals surface area contributed by atoms with Crippen LogP contribution in [0.4, 0.5) is 0 Å². The van der Waals surface area contributed by atoms with Gasteiger partial charge >= 0.3 is 0 Å². The zero-order valence-electron chi connectivity index (χ0n) is 8.27. The van der Waals surface area contributed by atoms with Crippen LogP contribution in [0.15, 0.2) is 27.5 Å². The molecule has 0 radical (unpaired) electrons. The van der Waals surface area contributed by atoms with Crippen molar-refractivity contribution < 1.29 is 0 Å². The quantitative estimate of drug-likeness (QED) is 0.787. The fourth-order valence-electron chi connectivity index (χ4n) is 1.49. The van der Waals surface area contributed by atoms with E-state index >= 15 is 0 Å². The van der Waals surface area contributed by atoms with Crippen molar-refractivity contribution in [3.63, 3.8) is 0 Å². The van der Waals surface area contributed by atoms with E-state index in [0.29, 0.717) is 5.92 Å². The standard InChI is InChI=1S/C10H8Br2N4/c11-7-4-13-16(5-7)9-3-8(12)14-10(15-9)6-1-2-6/h3-6H,1-2H2. The molecule has 0 aromatic carbocycles. The molecule has 0 N–H and O–H groups in total. The summed E-state index contributed by atoms with van der Waals surface area (Å²) in [7, 11) is 0. The Hall–Kier alpha value is -0.750. The lowest BCUT2D eigenvalue weighted by atomic mass is 10.4. The molecule has 0 atom stereocenters. The van der Waals surface area contributed by atoms with E-state index in [1.165, 1.54) is 12.8 Å². The molecule has 2 aromatic heterocycles. The third-order valence-corrected chi connectivity index (χ3v) is 3.24. The smallest absolute Gasteiger partial charge is 0.158 e. The first kappa shape index (κ1) is 10.4. The van der Waals surface area contributed by atoms with Crippen LogP contribution >= 0.6 is 31.9 Å². The summed E-state index contributed by atoms with van der Waals surface area (Å²) in [6, 6.07) is 1.87. The predicted molar refractivity (Wildman–Crippen MR) is 66.5 cm³/mol. The van der Waals surface area contributed by atoms with Crippen LogP contribution in [0.2, 0.25) is 0 Å². The molecule has 1 fully saturated rings. The number of nitrogens with zero attached hydrogens (tertiary/aromatic N) is 4. The molecule has 0 saturated heterocycles. The predicted octanol–water partition coefficient (Wildman–Crippen LogP) is 3.06. The lowest BCUT2D eigenvalue weighted by molar-refractivity contribution is 0.804. The summed E-state index contributed by atoms with van der Waals surface area (Å²) in [4.78, 5) is 8.90. The molecule has 1 aliphatic rings. The molecule has 6 heteroatoms. The molecule has 2 heterocycles. The van der Waals surface area contributed by atoms with E-state index in [1.54, 1.807) is 10.9 Å². The Morgan fingerprint density at radius 2 is 2.06 bits per heavy atom. The maximum absolute atomic E-state index is 4.52. The lowest BCUT2D eigenvalue weighted by Crippen LogP contribution is -2.02. The Labute approximate surface area is 109 Å². The molecule has 1 saturated carbocycles. The summed E-state index contributed by atoms with van der Waals surface area (Å²) < 4.78 is 3.49. The first-order valence-electron chi connectivity index (χ1n) is 4.97. The van der Waals surface area contributed by atoms with Crippen LogP contribution in [0, 0.1) is 0 Å². The third kappa shape index (κ3) is 2.04. The lowest BCUT2D eigenvalue weighted by Gasteiger charge is -2.03. The van der Waals surface area contributed by atoms with Crippen molar-refractivity contribution in [3.8, 4) is 5.82 Å². The normalized spacial score (nSPS) is 15.4. The maximum Gasteiger partial charge on any atom is 0.158 e. The van der Waals surface area contributed by atoms with E-state index < -0.39 is 0 Å². The van der Waals surface area contributed by atoms with Gasteiger partial charge in [0.05, 0.1) is 10.7 Å². The monoisotopic (exact) mass is 342 g/mol. The Bertz CT molecular complexity index is 533. The van der Waals surface area contributed by atoms with E-state index in [2.05, 4.69) is 46.9 Å². The Balaban J connectivity index is 2.06. The second-order valence-corrected chi connectivity index (χ2v) is 5.51. The molecule has 82 valence electrons. The minimum Gasteiger partial charge on any atom is -0.226 e. The molecule has 16 heavy (non-hydrogen) atoms. The highest BCUT2D eigenvalue weighted by Crippen LogP contribution is 2.38. The molecule has 0 aliphatic heterocycles. The second-order valence-electron chi connectivity index (χ2n) is 3.78. The van der Waals surface area contributed by atoms with Crippen LogP contribution in [0.25, 0.3) is 5.82 Å². The van der Waals surface area contributed by atoms with Gasteiger partial charge in [-0.25, -0.2) is 14.6 Å². The maximum atomic E-state index is 4.52. The van der Waals surface area contributed by atoms with Gasteiger partial charge in [-0.05, 0) is 44.7 Å². The van der Waals surface area contributed by atoms with Crippen LogP contribution in [-0.4, -0.2) is 19.7 Å². The van der Waals surface area contributed by atoms with Gasteiger partial charge in [0, 0.05) is 18.2 Å². The molecule has 4 nitrogen and oxygen atoms in total. The minimum absolute atomic E-state index is 0.537. The first-order valence-corrected chi connectivity index (χ1v) is 6.56. The summed E-state index contributed by atoms with van der Waals surface area (Å²) in [5, 5.41) is 4.21. The number of aromatic nitrogens is 4. The van der Waals surface area contributed by atoms with E-state index in [4.69, 9.17) is 0 Å². The van der Waals surface area contributed by atoms with Gasteiger partial charge in [-0.1, -0.05) is 0 Å². The van der Waals surface area contributed by atoms with Crippen molar-refractivity contribution in [1.29, 1.82) is 0 Å². The van der Waals surface area contributed by atoms with Crippen LogP contribution in [0.1, 0.15) is 24.6 Å². The highest BCUT2D eigenvalue weighted by atomic mass is 79.9. The Kier molecular flexibility index (Phi) is 2.55. The van der Waals surface area contributed by atoms with Crippen LogP contribution in [0.5, 0.6) is 0 Å². The summed E-state index contributed by atoms with van der Waals surface area (Å²) >= 11 is 6.78. The summed E-state index contributed by atoms with van der Waals surface area (Å²) in [6.07, 6.45) is 6.01. The molecule has 0 amide bonds. The summed E-state index contributed by atoms with van der Waals surface area (Å²) in [6.45, 7) is 0. The largest absolute Gasteiger partial charge is 0.226 e. The topological polar surface area (TPSA) is 43.6 Å². The number of halogens is 2. The molecule has 1 aliphatic carbocycles. The van der Waals surface area contributed by atoms with Gasteiger partial charge in [-0.15, -0.1) is 0 Å². The average molecular weight is 344 g/mol. The molecule has 0 spiro atoms. The zero-order valence-corrected chi connectivity index (χ0v) is 11.4.